The SMILES string of the molecule is CCC(C)CN(CC)C(=O)N1CC(OC)CC1C(=O)O. The molecule has 0 saturated carbocycles. The van der Waals surface area contributed by atoms with Crippen LogP contribution in [-0.2, 0) is 9.53 Å². The average Bonchev–Trinajstić information content (AvgIpc) is 2.88. The molecule has 2 amide bonds. The Morgan fingerprint density at radius 3 is 2.55 bits per heavy atom. The van der Waals surface area contributed by atoms with Crippen LogP contribution in [0, 0.1) is 5.92 Å². The number of likely N-dealkylation sites (tertiary alicyclic amines) is 1. The van der Waals surface area contributed by atoms with Crippen LogP contribution in [0.2, 0.25) is 0 Å². The Morgan fingerprint density at radius 2 is 2.10 bits per heavy atom. The Bertz CT molecular complexity index is 348. The zero-order valence-electron chi connectivity index (χ0n) is 12.8. The highest BCUT2D eigenvalue weighted by Gasteiger charge is 2.41. The van der Waals surface area contributed by atoms with Crippen LogP contribution in [0.5, 0.6) is 0 Å². The zero-order valence-corrected chi connectivity index (χ0v) is 12.8. The van der Waals surface area contributed by atoms with Gasteiger partial charge in [-0.2, -0.15) is 0 Å². The van der Waals surface area contributed by atoms with Crippen molar-refractivity contribution in [2.24, 2.45) is 5.92 Å². The predicted molar refractivity (Wildman–Crippen MR) is 75.6 cm³/mol. The molecular weight excluding hydrogens is 260 g/mol. The quantitative estimate of drug-likeness (QED) is 0.806. The van der Waals surface area contributed by atoms with Crippen molar-refractivity contribution in [2.75, 3.05) is 26.7 Å². The van der Waals surface area contributed by atoms with E-state index in [2.05, 4.69) is 13.8 Å². The van der Waals surface area contributed by atoms with Crippen molar-refractivity contribution in [2.45, 2.75) is 45.8 Å². The van der Waals surface area contributed by atoms with Crippen LogP contribution in [0.4, 0.5) is 4.79 Å². The third-order valence-corrected chi connectivity index (χ3v) is 4.01. The lowest BCUT2D eigenvalue weighted by molar-refractivity contribution is -0.141. The third kappa shape index (κ3) is 3.85. The van der Waals surface area contributed by atoms with Gasteiger partial charge in [-0.25, -0.2) is 9.59 Å². The highest BCUT2D eigenvalue weighted by atomic mass is 16.5. The molecule has 0 aromatic heterocycles. The smallest absolute Gasteiger partial charge is 0.326 e. The number of hydrogen-bond donors (Lipinski definition) is 1. The van der Waals surface area contributed by atoms with Gasteiger partial charge in [-0.3, -0.25) is 0 Å². The van der Waals surface area contributed by atoms with E-state index in [9.17, 15) is 14.7 Å². The first-order chi connectivity index (χ1) is 9.44. The second kappa shape index (κ2) is 7.47. The topological polar surface area (TPSA) is 70.1 Å². The molecule has 116 valence electrons. The third-order valence-electron chi connectivity index (χ3n) is 4.01. The Labute approximate surface area is 120 Å². The number of methoxy groups -OCH3 is 1. The number of carboxylic acids is 1. The molecule has 3 unspecified atom stereocenters. The number of nitrogens with zero attached hydrogens (tertiary/aromatic N) is 2. The summed E-state index contributed by atoms with van der Waals surface area (Å²) in [5.41, 5.74) is 0. The number of hydrogen-bond acceptors (Lipinski definition) is 3. The van der Waals surface area contributed by atoms with Gasteiger partial charge in [0, 0.05) is 33.2 Å². The monoisotopic (exact) mass is 286 g/mol. The molecule has 0 aromatic rings. The van der Waals surface area contributed by atoms with Gasteiger partial charge in [0.25, 0.3) is 0 Å². The highest BCUT2D eigenvalue weighted by molar-refractivity contribution is 5.83. The molecule has 6 nitrogen and oxygen atoms in total. The maximum Gasteiger partial charge on any atom is 0.326 e. The van der Waals surface area contributed by atoms with E-state index in [0.29, 0.717) is 32.0 Å². The van der Waals surface area contributed by atoms with Gasteiger partial charge >= 0.3 is 12.0 Å². The predicted octanol–water partition coefficient (Wildman–Crippen LogP) is 1.65. The molecule has 3 atom stereocenters. The second-order valence-electron chi connectivity index (χ2n) is 5.43. The van der Waals surface area contributed by atoms with Gasteiger partial charge in [0.15, 0.2) is 0 Å². The molecule has 0 aromatic carbocycles. The van der Waals surface area contributed by atoms with Crippen molar-refractivity contribution in [3.63, 3.8) is 0 Å². The van der Waals surface area contributed by atoms with E-state index in [0.717, 1.165) is 6.42 Å². The number of aliphatic carboxylic acids is 1. The minimum absolute atomic E-state index is 0.192. The van der Waals surface area contributed by atoms with Gasteiger partial charge in [-0.05, 0) is 12.8 Å². The number of carbonyl (C=O) groups is 2. The van der Waals surface area contributed by atoms with Crippen molar-refractivity contribution >= 4 is 12.0 Å². The normalized spacial score (nSPS) is 23.7. The Balaban J connectivity index is 2.78. The number of rotatable bonds is 6. The molecule has 1 saturated heterocycles. The molecule has 1 aliphatic rings. The van der Waals surface area contributed by atoms with E-state index in [-0.39, 0.29) is 12.1 Å². The summed E-state index contributed by atoms with van der Waals surface area (Å²) in [6.07, 6.45) is 1.16. The summed E-state index contributed by atoms with van der Waals surface area (Å²) < 4.78 is 5.21. The van der Waals surface area contributed by atoms with Crippen LogP contribution in [0.15, 0.2) is 0 Å². The molecule has 0 aliphatic carbocycles. The molecule has 0 bridgehead atoms. The van der Waals surface area contributed by atoms with Crippen molar-refractivity contribution in [1.82, 2.24) is 9.80 Å². The first-order valence-electron chi connectivity index (χ1n) is 7.25. The lowest BCUT2D eigenvalue weighted by Crippen LogP contribution is -2.49. The molecular formula is C14H26N2O4. The van der Waals surface area contributed by atoms with Crippen molar-refractivity contribution in [3.05, 3.63) is 0 Å². The fourth-order valence-corrected chi connectivity index (χ4v) is 2.44. The number of carbonyl (C=O) groups excluding carboxylic acids is 1. The largest absolute Gasteiger partial charge is 0.480 e. The van der Waals surface area contributed by atoms with E-state index >= 15 is 0 Å². The minimum Gasteiger partial charge on any atom is -0.480 e. The van der Waals surface area contributed by atoms with E-state index < -0.39 is 12.0 Å². The second-order valence-corrected chi connectivity index (χ2v) is 5.43. The lowest BCUT2D eigenvalue weighted by Gasteiger charge is -2.31. The maximum atomic E-state index is 12.5. The van der Waals surface area contributed by atoms with Gasteiger partial charge in [-0.1, -0.05) is 20.3 Å². The summed E-state index contributed by atoms with van der Waals surface area (Å²) in [6.45, 7) is 7.69. The van der Waals surface area contributed by atoms with Crippen LogP contribution in [0.1, 0.15) is 33.6 Å². The van der Waals surface area contributed by atoms with Gasteiger partial charge in [0.05, 0.1) is 6.10 Å². The summed E-state index contributed by atoms with van der Waals surface area (Å²) in [4.78, 5) is 27.0. The van der Waals surface area contributed by atoms with Gasteiger partial charge in [-0.15, -0.1) is 0 Å². The first kappa shape index (κ1) is 16.8. The van der Waals surface area contributed by atoms with Crippen LogP contribution < -0.4 is 0 Å². The molecule has 1 fully saturated rings. The van der Waals surface area contributed by atoms with Crippen LogP contribution in [0.25, 0.3) is 0 Å². The van der Waals surface area contributed by atoms with Gasteiger partial charge in [0.2, 0.25) is 0 Å². The van der Waals surface area contributed by atoms with Crippen LogP contribution >= 0.6 is 0 Å². The maximum absolute atomic E-state index is 12.5. The number of carboxylic acid groups (broad SMARTS) is 1. The molecule has 20 heavy (non-hydrogen) atoms. The fraction of sp³-hybridized carbons (Fsp3) is 0.857. The fourth-order valence-electron chi connectivity index (χ4n) is 2.44. The van der Waals surface area contributed by atoms with E-state index in [4.69, 9.17) is 4.74 Å². The van der Waals surface area contributed by atoms with Crippen LogP contribution in [-0.4, -0.2) is 65.8 Å². The standard InChI is InChI=1S/C14H26N2O4/c1-5-10(3)8-15(6-2)14(19)16-9-11(20-4)7-12(16)13(17)18/h10-12H,5-9H2,1-4H3,(H,17,18). The lowest BCUT2D eigenvalue weighted by atomic mass is 10.1. The average molecular weight is 286 g/mol. The van der Waals surface area contributed by atoms with Gasteiger partial charge < -0.3 is 19.6 Å². The summed E-state index contributed by atoms with van der Waals surface area (Å²) in [5, 5.41) is 9.26. The molecule has 1 N–H and O–H groups in total. The highest BCUT2D eigenvalue weighted by Crippen LogP contribution is 2.22. The molecule has 1 aliphatic heterocycles. The molecule has 1 rings (SSSR count). The summed E-state index contributed by atoms with van der Waals surface area (Å²) >= 11 is 0. The van der Waals surface area contributed by atoms with Gasteiger partial charge in [0.1, 0.15) is 6.04 Å². The number of amides is 2. The number of urea groups is 1. The van der Waals surface area contributed by atoms with E-state index in [1.165, 1.54) is 4.90 Å². The first-order valence-corrected chi connectivity index (χ1v) is 7.25. The molecule has 0 spiro atoms. The Hall–Kier alpha value is -1.30. The summed E-state index contributed by atoms with van der Waals surface area (Å²) in [7, 11) is 1.55. The van der Waals surface area contributed by atoms with E-state index in [1.54, 1.807) is 12.0 Å². The van der Waals surface area contributed by atoms with E-state index in [1.807, 2.05) is 6.92 Å². The van der Waals surface area contributed by atoms with Crippen molar-refractivity contribution in [1.29, 1.82) is 0 Å². The molecule has 0 radical (unpaired) electrons. The summed E-state index contributed by atoms with van der Waals surface area (Å²) in [6, 6.07) is -0.974. The van der Waals surface area contributed by atoms with Crippen molar-refractivity contribution < 1.29 is 19.4 Å². The zero-order chi connectivity index (χ0) is 15.3. The number of ether oxygens (including phenoxy) is 1. The Morgan fingerprint density at radius 1 is 1.45 bits per heavy atom. The summed E-state index contributed by atoms with van der Waals surface area (Å²) in [5.74, 6) is -0.555. The molecule has 1 heterocycles. The van der Waals surface area contributed by atoms with Crippen LogP contribution in [0.3, 0.4) is 0 Å². The minimum atomic E-state index is -0.961. The Kier molecular flexibility index (Phi) is 6.26. The van der Waals surface area contributed by atoms with Crippen molar-refractivity contribution in [3.8, 4) is 0 Å². The molecule has 6 heteroatoms.